The van der Waals surface area contributed by atoms with Crippen molar-refractivity contribution in [2.75, 3.05) is 30.8 Å². The van der Waals surface area contributed by atoms with Crippen LogP contribution in [0.1, 0.15) is 21.5 Å². The van der Waals surface area contributed by atoms with Crippen LogP contribution in [-0.2, 0) is 22.7 Å². The van der Waals surface area contributed by atoms with Crippen LogP contribution in [0.4, 0.5) is 18.9 Å². The van der Waals surface area contributed by atoms with E-state index in [1.54, 1.807) is 55.6 Å². The van der Waals surface area contributed by atoms with Crippen molar-refractivity contribution in [2.45, 2.75) is 12.7 Å². The number of anilines is 1. The van der Waals surface area contributed by atoms with Crippen LogP contribution >= 0.6 is 0 Å². The van der Waals surface area contributed by atoms with E-state index in [-0.39, 0.29) is 31.3 Å². The summed E-state index contributed by atoms with van der Waals surface area (Å²) in [6.07, 6.45) is -3.55. The van der Waals surface area contributed by atoms with E-state index in [0.717, 1.165) is 34.8 Å². The van der Waals surface area contributed by atoms with Gasteiger partial charge in [0.15, 0.2) is 0 Å². The van der Waals surface area contributed by atoms with Gasteiger partial charge in [-0.2, -0.15) is 13.2 Å². The summed E-state index contributed by atoms with van der Waals surface area (Å²) in [6.45, 7) is 0.390. The first-order valence-electron chi connectivity index (χ1n) is 10.8. The summed E-state index contributed by atoms with van der Waals surface area (Å²) in [5.41, 5.74) is 0.145. The summed E-state index contributed by atoms with van der Waals surface area (Å²) in [7, 11) is -2.23. The Hall–Kier alpha value is -3.73. The molecule has 0 fully saturated rings. The van der Waals surface area contributed by atoms with Crippen molar-refractivity contribution in [3.63, 3.8) is 0 Å². The number of rotatable bonds is 10. The molecule has 0 heterocycles. The van der Waals surface area contributed by atoms with Gasteiger partial charge in [0.2, 0.25) is 10.0 Å². The van der Waals surface area contributed by atoms with Gasteiger partial charge in [-0.1, -0.05) is 18.2 Å². The Morgan fingerprint density at radius 1 is 0.972 bits per heavy atom. The average molecular weight is 523 g/mol. The molecule has 3 aromatic rings. The maximum Gasteiger partial charge on any atom is 0.416 e. The van der Waals surface area contributed by atoms with Crippen molar-refractivity contribution in [2.24, 2.45) is 0 Å². The number of nitrogens with one attached hydrogen (secondary N) is 1. The Bertz CT molecular complexity index is 1280. The van der Waals surface area contributed by atoms with E-state index in [9.17, 15) is 26.4 Å². The Kier molecular flexibility index (Phi) is 8.46. The zero-order valence-corrected chi connectivity index (χ0v) is 20.4. The van der Waals surface area contributed by atoms with Gasteiger partial charge in [0.25, 0.3) is 5.91 Å². The second kappa shape index (κ2) is 11.3. The Labute approximate surface area is 207 Å². The molecule has 0 atom stereocenters. The minimum atomic E-state index is -4.52. The van der Waals surface area contributed by atoms with Crippen LogP contribution in [0.3, 0.4) is 0 Å². The van der Waals surface area contributed by atoms with Crippen molar-refractivity contribution >= 4 is 21.6 Å². The highest BCUT2D eigenvalue weighted by Crippen LogP contribution is 2.31. The lowest BCUT2D eigenvalue weighted by Gasteiger charge is -2.23. The molecule has 0 saturated heterocycles. The molecule has 1 N–H and O–H groups in total. The Morgan fingerprint density at radius 3 is 2.19 bits per heavy atom. The molecule has 0 spiro atoms. The highest BCUT2D eigenvalue weighted by Gasteiger charge is 2.30. The van der Waals surface area contributed by atoms with Crippen LogP contribution in [0, 0.1) is 0 Å². The molecule has 3 rings (SSSR count). The summed E-state index contributed by atoms with van der Waals surface area (Å²) >= 11 is 0. The van der Waals surface area contributed by atoms with Crippen molar-refractivity contribution in [3.8, 4) is 11.5 Å². The number of hydrogen-bond acceptors (Lipinski definition) is 5. The standard InChI is InChI=1S/C25H25F3N2O5S/c1-34-22-4-3-5-23(16-22)35-15-14-29-24(31)19-8-6-18(7-9-19)17-30(36(2,32)33)21-12-10-20(11-13-21)25(26,27)28/h3-13,16H,14-15,17H2,1-2H3,(H,29,31). The number of halogens is 3. The van der Waals surface area contributed by atoms with Gasteiger partial charge in [0.05, 0.1) is 37.7 Å². The lowest BCUT2D eigenvalue weighted by molar-refractivity contribution is -0.137. The number of alkyl halides is 3. The summed E-state index contributed by atoms with van der Waals surface area (Å²) < 4.78 is 74.8. The van der Waals surface area contributed by atoms with Crippen LogP contribution in [0.25, 0.3) is 0 Å². The van der Waals surface area contributed by atoms with Crippen LogP contribution in [-0.4, -0.2) is 40.8 Å². The van der Waals surface area contributed by atoms with E-state index in [4.69, 9.17) is 9.47 Å². The topological polar surface area (TPSA) is 84.9 Å². The Balaban J connectivity index is 1.59. The number of hydrogen-bond donors (Lipinski definition) is 1. The fraction of sp³-hybridized carbons (Fsp3) is 0.240. The van der Waals surface area contributed by atoms with Gasteiger partial charge in [-0.3, -0.25) is 9.10 Å². The van der Waals surface area contributed by atoms with Crippen LogP contribution in [0.2, 0.25) is 0 Å². The van der Waals surface area contributed by atoms with Crippen LogP contribution < -0.4 is 19.1 Å². The summed E-state index contributed by atoms with van der Waals surface area (Å²) in [4.78, 5) is 12.4. The molecule has 0 radical (unpaired) electrons. The number of ether oxygens (including phenoxy) is 2. The van der Waals surface area contributed by atoms with E-state index in [2.05, 4.69) is 5.32 Å². The summed E-state index contributed by atoms with van der Waals surface area (Å²) in [5, 5.41) is 2.73. The predicted octanol–water partition coefficient (Wildman–Crippen LogP) is 4.49. The van der Waals surface area contributed by atoms with Gasteiger partial charge in [-0.25, -0.2) is 8.42 Å². The average Bonchev–Trinajstić information content (AvgIpc) is 2.84. The molecular weight excluding hydrogens is 497 g/mol. The van der Waals surface area contributed by atoms with Crippen molar-refractivity contribution in [1.29, 1.82) is 0 Å². The molecule has 11 heteroatoms. The number of nitrogens with zero attached hydrogens (tertiary/aromatic N) is 1. The summed E-state index contributed by atoms with van der Waals surface area (Å²) in [5.74, 6) is 0.930. The largest absolute Gasteiger partial charge is 0.497 e. The summed E-state index contributed by atoms with van der Waals surface area (Å²) in [6, 6.07) is 17.2. The zero-order chi connectivity index (χ0) is 26.3. The van der Waals surface area contributed by atoms with Gasteiger partial charge in [0, 0.05) is 11.6 Å². The maximum absolute atomic E-state index is 12.8. The van der Waals surface area contributed by atoms with Crippen molar-refractivity contribution in [3.05, 3.63) is 89.5 Å². The minimum Gasteiger partial charge on any atom is -0.497 e. The van der Waals surface area contributed by atoms with Crippen molar-refractivity contribution in [1.82, 2.24) is 5.32 Å². The lowest BCUT2D eigenvalue weighted by atomic mass is 10.1. The first-order valence-corrected chi connectivity index (χ1v) is 12.6. The van der Waals surface area contributed by atoms with Gasteiger partial charge < -0.3 is 14.8 Å². The smallest absolute Gasteiger partial charge is 0.416 e. The molecule has 0 aliphatic rings. The van der Waals surface area contributed by atoms with E-state index in [1.807, 2.05) is 0 Å². The van der Waals surface area contributed by atoms with Crippen LogP contribution in [0.15, 0.2) is 72.8 Å². The number of amides is 1. The van der Waals surface area contributed by atoms with Crippen molar-refractivity contribution < 1.29 is 35.9 Å². The first-order chi connectivity index (χ1) is 17.0. The van der Waals surface area contributed by atoms with Gasteiger partial charge in [0.1, 0.15) is 18.1 Å². The molecule has 0 bridgehead atoms. The third-order valence-corrected chi connectivity index (χ3v) is 6.26. The second-order valence-corrected chi connectivity index (χ2v) is 9.70. The number of benzene rings is 3. The van der Waals surface area contributed by atoms with E-state index < -0.39 is 21.8 Å². The zero-order valence-electron chi connectivity index (χ0n) is 19.6. The highest BCUT2D eigenvalue weighted by molar-refractivity contribution is 7.92. The van der Waals surface area contributed by atoms with E-state index in [1.165, 1.54) is 0 Å². The minimum absolute atomic E-state index is 0.100. The molecule has 0 aliphatic carbocycles. The molecule has 1 amide bonds. The molecule has 0 unspecified atom stereocenters. The molecule has 192 valence electrons. The van der Waals surface area contributed by atoms with E-state index in [0.29, 0.717) is 22.6 Å². The van der Waals surface area contributed by atoms with Gasteiger partial charge in [-0.05, 0) is 54.1 Å². The van der Waals surface area contributed by atoms with Crippen LogP contribution in [0.5, 0.6) is 11.5 Å². The fourth-order valence-electron chi connectivity index (χ4n) is 3.27. The molecule has 0 aliphatic heterocycles. The molecule has 3 aromatic carbocycles. The predicted molar refractivity (Wildman–Crippen MR) is 130 cm³/mol. The number of sulfonamides is 1. The lowest BCUT2D eigenvalue weighted by Crippen LogP contribution is -2.29. The highest BCUT2D eigenvalue weighted by atomic mass is 32.2. The normalized spacial score (nSPS) is 11.6. The second-order valence-electron chi connectivity index (χ2n) is 7.79. The third-order valence-electron chi connectivity index (χ3n) is 5.12. The SMILES string of the molecule is COc1cccc(OCCNC(=O)c2ccc(CN(c3ccc(C(F)(F)F)cc3)S(C)(=O)=O)cc2)c1. The third kappa shape index (κ3) is 7.38. The van der Waals surface area contributed by atoms with E-state index >= 15 is 0 Å². The van der Waals surface area contributed by atoms with Gasteiger partial charge in [-0.15, -0.1) is 0 Å². The van der Waals surface area contributed by atoms with Gasteiger partial charge >= 0.3 is 6.18 Å². The molecule has 0 aromatic heterocycles. The quantitative estimate of drug-likeness (QED) is 0.397. The number of methoxy groups -OCH3 is 1. The molecule has 0 saturated carbocycles. The molecule has 7 nitrogen and oxygen atoms in total. The number of carbonyl (C=O) groups excluding carboxylic acids is 1. The molecule has 36 heavy (non-hydrogen) atoms. The monoisotopic (exact) mass is 522 g/mol. The number of carbonyl (C=O) groups is 1. The maximum atomic E-state index is 12.8. The Morgan fingerprint density at radius 2 is 1.61 bits per heavy atom. The fourth-order valence-corrected chi connectivity index (χ4v) is 4.16. The molecular formula is C25H25F3N2O5S. The first kappa shape index (κ1) is 26.9.